The molecule has 0 saturated carbocycles. The van der Waals surface area contributed by atoms with Gasteiger partial charge < -0.3 is 20.0 Å². The second kappa shape index (κ2) is 25.7. The number of aliphatic carboxylic acids is 2. The van der Waals surface area contributed by atoms with Gasteiger partial charge in [-0.1, -0.05) is 60.7 Å². The summed E-state index contributed by atoms with van der Waals surface area (Å²) in [6.45, 7) is 2.41. The monoisotopic (exact) mass is 772 g/mol. The van der Waals surface area contributed by atoms with Gasteiger partial charge in [-0.2, -0.15) is 0 Å². The molecular weight excluding hydrogens is 726 g/mol. The number of carbonyl (C=O) groups is 4. The van der Waals surface area contributed by atoms with Crippen molar-refractivity contribution in [3.05, 3.63) is 168 Å². The van der Waals surface area contributed by atoms with Crippen LogP contribution in [-0.4, -0.2) is 98.0 Å². The molecule has 2 aromatic carbocycles. The van der Waals surface area contributed by atoms with Crippen LogP contribution < -0.4 is 11.0 Å². The van der Waals surface area contributed by atoms with Gasteiger partial charge in [-0.05, 0) is 100 Å². The highest BCUT2D eigenvalue weighted by atomic mass is 19.1. The van der Waals surface area contributed by atoms with Crippen molar-refractivity contribution in [2.24, 2.45) is 0 Å². The molecule has 2 aliphatic rings. The first-order valence-corrected chi connectivity index (χ1v) is 17.1. The Morgan fingerprint density at radius 1 is 0.607 bits per heavy atom. The summed E-state index contributed by atoms with van der Waals surface area (Å²) >= 11 is 0. The number of likely N-dealkylation sites (N-methyl/N-ethyl adjacent to an activating group) is 2. The van der Waals surface area contributed by atoms with Crippen molar-refractivity contribution in [3.8, 4) is 0 Å². The molecule has 0 aliphatic heterocycles. The van der Waals surface area contributed by atoms with Gasteiger partial charge in [0.1, 0.15) is 11.6 Å². The van der Waals surface area contributed by atoms with E-state index in [0.717, 1.165) is 24.2 Å². The number of carbonyl (C=O) groups excluding carboxylic acids is 2. The molecule has 0 radical (unpaired) electrons. The third-order valence-corrected chi connectivity index (χ3v) is 6.99. The average Bonchev–Trinajstić information content (AvgIpc) is 3.16. The van der Waals surface area contributed by atoms with Crippen molar-refractivity contribution in [1.82, 2.24) is 20.8 Å². The predicted molar refractivity (Wildman–Crippen MR) is 211 cm³/mol. The van der Waals surface area contributed by atoms with E-state index in [-0.39, 0.29) is 23.2 Å². The van der Waals surface area contributed by atoms with Gasteiger partial charge in [0, 0.05) is 36.4 Å². The fraction of sp³-hybridized carbons (Fsp3) is 0.190. The molecular formula is C42H46F2N4O8. The van der Waals surface area contributed by atoms with Gasteiger partial charge in [0.05, 0.1) is 24.6 Å². The molecule has 0 bridgehead atoms. The number of hydroxylamine groups is 2. The number of rotatable bonds is 16. The molecule has 0 heterocycles. The molecule has 0 aromatic heterocycles. The highest BCUT2D eigenvalue weighted by Gasteiger charge is 2.09. The lowest BCUT2D eigenvalue weighted by atomic mass is 10.1. The molecule has 0 atom stereocenters. The average molecular weight is 773 g/mol. The summed E-state index contributed by atoms with van der Waals surface area (Å²) in [5.74, 6) is -3.28. The van der Waals surface area contributed by atoms with E-state index in [1.54, 1.807) is 85.0 Å². The van der Waals surface area contributed by atoms with Gasteiger partial charge in [-0.3, -0.25) is 30.2 Å². The smallest absolute Gasteiger partial charge is 0.328 e. The van der Waals surface area contributed by atoms with Crippen LogP contribution in [-0.2, 0) is 28.9 Å². The largest absolute Gasteiger partial charge is 0.478 e. The van der Waals surface area contributed by atoms with Crippen LogP contribution in [0.3, 0.4) is 0 Å². The Kier molecular flexibility index (Phi) is 21.0. The zero-order valence-corrected chi connectivity index (χ0v) is 31.5. The number of carboxylic acids is 2. The normalized spacial score (nSPS) is 13.7. The number of halogens is 2. The predicted octanol–water partition coefficient (Wildman–Crippen LogP) is 5.45. The molecule has 4 N–H and O–H groups in total. The van der Waals surface area contributed by atoms with E-state index >= 15 is 0 Å². The van der Waals surface area contributed by atoms with Gasteiger partial charge in [0.2, 0.25) is 0 Å². The SMILES string of the molecule is CN(C)CCON/C(=C/C=C1C=CC(=O)C=C1)c1ccccc1F.CN(C)CCON/C(=C/C=C1C=CC(=O)C=C1)c1ccccc1F.O=C(O)/C=C/C(=O)O. The first kappa shape index (κ1) is 45.8. The third-order valence-electron chi connectivity index (χ3n) is 6.99. The molecule has 0 amide bonds. The first-order chi connectivity index (χ1) is 26.7. The van der Waals surface area contributed by atoms with Crippen LogP contribution >= 0.6 is 0 Å². The Hall–Kier alpha value is -6.32. The summed E-state index contributed by atoms with van der Waals surface area (Å²) in [6.07, 6.45) is 21.0. The van der Waals surface area contributed by atoms with Gasteiger partial charge in [-0.15, -0.1) is 0 Å². The van der Waals surface area contributed by atoms with E-state index in [9.17, 15) is 28.0 Å². The van der Waals surface area contributed by atoms with Crippen LogP contribution in [0.4, 0.5) is 8.78 Å². The fourth-order valence-electron chi connectivity index (χ4n) is 4.09. The minimum Gasteiger partial charge on any atom is -0.478 e. The standard InChI is InChI=1S/2C19H21FN2O2.C4H4O4/c2*1-22(2)13-14-24-21-19(17-5-3-4-6-18(17)20)12-9-15-7-10-16(23)11-8-15;5-3(6)1-2-4(7)8/h2*3-12,21H,13-14H2,1-2H3;1-2H,(H,5,6)(H,7,8)/b2*19-12+;2-1+. The molecule has 12 nitrogen and oxygen atoms in total. The molecule has 0 fully saturated rings. The number of hydrogen-bond donors (Lipinski definition) is 4. The Morgan fingerprint density at radius 2 is 0.946 bits per heavy atom. The Morgan fingerprint density at radius 3 is 1.25 bits per heavy atom. The number of hydrogen-bond acceptors (Lipinski definition) is 10. The highest BCUT2D eigenvalue weighted by molar-refractivity contribution is 6.02. The summed E-state index contributed by atoms with van der Waals surface area (Å²) in [6, 6.07) is 13.0. The van der Waals surface area contributed by atoms with Crippen LogP contribution in [0, 0.1) is 11.6 Å². The van der Waals surface area contributed by atoms with Gasteiger partial charge >= 0.3 is 11.9 Å². The lowest BCUT2D eigenvalue weighted by Gasteiger charge is -2.14. The summed E-state index contributed by atoms with van der Waals surface area (Å²) in [7, 11) is 7.80. The Balaban J connectivity index is 0.000000325. The molecule has 56 heavy (non-hydrogen) atoms. The van der Waals surface area contributed by atoms with Crippen LogP contribution in [0.1, 0.15) is 11.1 Å². The third kappa shape index (κ3) is 19.7. The maximum Gasteiger partial charge on any atom is 0.328 e. The Labute approximate surface area is 325 Å². The number of allylic oxidation sites excluding steroid dienone is 14. The molecule has 4 rings (SSSR count). The fourth-order valence-corrected chi connectivity index (χ4v) is 4.09. The minimum atomic E-state index is -1.26. The van der Waals surface area contributed by atoms with E-state index in [1.165, 1.54) is 36.4 Å². The number of nitrogens with zero attached hydrogens (tertiary/aromatic N) is 2. The van der Waals surface area contributed by atoms with Crippen molar-refractivity contribution in [3.63, 3.8) is 0 Å². The van der Waals surface area contributed by atoms with Crippen molar-refractivity contribution in [2.45, 2.75) is 0 Å². The van der Waals surface area contributed by atoms with Crippen molar-refractivity contribution >= 4 is 34.9 Å². The van der Waals surface area contributed by atoms with Crippen molar-refractivity contribution in [1.29, 1.82) is 0 Å². The van der Waals surface area contributed by atoms with Crippen LogP contribution in [0.5, 0.6) is 0 Å². The summed E-state index contributed by atoms with van der Waals surface area (Å²) in [4.78, 5) is 56.2. The summed E-state index contributed by atoms with van der Waals surface area (Å²) in [5.41, 5.74) is 9.18. The quantitative estimate of drug-likeness (QED) is 0.0973. The molecule has 14 heteroatoms. The first-order valence-electron chi connectivity index (χ1n) is 17.1. The number of carboxylic acid groups (broad SMARTS) is 2. The molecule has 296 valence electrons. The maximum absolute atomic E-state index is 14.1. The lowest BCUT2D eigenvalue weighted by Crippen LogP contribution is -2.23. The number of benzene rings is 2. The maximum atomic E-state index is 14.1. The molecule has 2 aromatic rings. The van der Waals surface area contributed by atoms with Crippen LogP contribution in [0.25, 0.3) is 11.4 Å². The molecule has 0 unspecified atom stereocenters. The molecule has 0 spiro atoms. The van der Waals surface area contributed by atoms with Crippen molar-refractivity contribution < 1.29 is 47.8 Å². The highest BCUT2D eigenvalue weighted by Crippen LogP contribution is 2.18. The number of nitrogens with one attached hydrogen (secondary N) is 2. The van der Waals surface area contributed by atoms with E-state index in [1.807, 2.05) is 38.0 Å². The van der Waals surface area contributed by atoms with Gasteiger partial charge in [0.25, 0.3) is 0 Å². The summed E-state index contributed by atoms with van der Waals surface area (Å²) in [5, 5.41) is 15.6. The lowest BCUT2D eigenvalue weighted by molar-refractivity contribution is -0.134. The number of ketones is 2. The second-order valence-electron chi connectivity index (χ2n) is 12.1. The summed E-state index contributed by atoms with van der Waals surface area (Å²) < 4.78 is 28.1. The molecule has 2 aliphatic carbocycles. The second-order valence-corrected chi connectivity index (χ2v) is 12.1. The van der Waals surface area contributed by atoms with E-state index < -0.39 is 11.9 Å². The van der Waals surface area contributed by atoms with E-state index in [4.69, 9.17) is 19.9 Å². The zero-order valence-electron chi connectivity index (χ0n) is 31.5. The topological polar surface area (TPSA) is 158 Å². The van der Waals surface area contributed by atoms with Crippen LogP contribution in [0.15, 0.2) is 145 Å². The van der Waals surface area contributed by atoms with E-state index in [2.05, 4.69) is 11.0 Å². The van der Waals surface area contributed by atoms with E-state index in [0.29, 0.717) is 47.9 Å². The van der Waals surface area contributed by atoms with Gasteiger partial charge in [-0.25, -0.2) is 18.4 Å². The Bertz CT molecular complexity index is 1770. The minimum absolute atomic E-state index is 0.0457. The van der Waals surface area contributed by atoms with Crippen LogP contribution in [0.2, 0.25) is 0 Å². The van der Waals surface area contributed by atoms with Crippen molar-refractivity contribution in [2.75, 3.05) is 54.5 Å². The molecule has 0 saturated heterocycles. The zero-order chi connectivity index (χ0) is 41.3. The van der Waals surface area contributed by atoms with Gasteiger partial charge in [0.15, 0.2) is 11.6 Å².